The number of nitrogens with zero attached hydrogens (tertiary/aromatic N) is 3. The average Bonchev–Trinajstić information content (AvgIpc) is 2.74. The highest BCUT2D eigenvalue weighted by molar-refractivity contribution is 8.93. The van der Waals surface area contributed by atoms with Gasteiger partial charge < -0.3 is 9.84 Å². The number of nitro benzene ring substituents is 1. The number of non-ortho nitro benzene ring substituents is 1. The number of rotatable bonds is 9. The second-order valence-corrected chi connectivity index (χ2v) is 6.56. The summed E-state index contributed by atoms with van der Waals surface area (Å²) in [5.74, 6) is -0.268. The fourth-order valence-electron chi connectivity index (χ4n) is 2.81. The lowest BCUT2D eigenvalue weighted by molar-refractivity contribution is -0.384. The first-order chi connectivity index (χ1) is 14.4. The summed E-state index contributed by atoms with van der Waals surface area (Å²) in [4.78, 5) is 21.1. The van der Waals surface area contributed by atoms with Gasteiger partial charge in [-0.15, -0.1) is 17.0 Å². The molecule has 10 heteroatoms. The summed E-state index contributed by atoms with van der Waals surface area (Å²) in [6.45, 7) is 0.555. The number of nitrogens with one attached hydrogen (secondary N) is 1. The SMILES string of the molecule is Br.N=c1ccc(-c2ccc(OCc3cccc([N+](=O)[O-])c3)cc2)nn1CCCC(=O)O. The minimum absolute atomic E-state index is 0. The van der Waals surface area contributed by atoms with E-state index in [0.717, 1.165) is 5.56 Å². The third-order valence-corrected chi connectivity index (χ3v) is 4.34. The van der Waals surface area contributed by atoms with Gasteiger partial charge in [-0.1, -0.05) is 12.1 Å². The molecule has 0 unspecified atom stereocenters. The number of ether oxygens (including phenoxy) is 1. The first kappa shape index (κ1) is 23.7. The average molecular weight is 489 g/mol. The van der Waals surface area contributed by atoms with Crippen molar-refractivity contribution in [3.63, 3.8) is 0 Å². The molecular formula is C21H21BrN4O5. The van der Waals surface area contributed by atoms with Crippen LogP contribution < -0.4 is 10.2 Å². The van der Waals surface area contributed by atoms with Crippen LogP contribution in [-0.4, -0.2) is 25.8 Å². The van der Waals surface area contributed by atoms with E-state index in [1.165, 1.54) is 16.8 Å². The number of carboxylic acid groups (broad SMARTS) is 1. The molecule has 0 saturated carbocycles. The van der Waals surface area contributed by atoms with Crippen LogP contribution in [0.15, 0.2) is 60.7 Å². The van der Waals surface area contributed by atoms with Crippen molar-refractivity contribution in [3.8, 4) is 17.0 Å². The van der Waals surface area contributed by atoms with Crippen molar-refractivity contribution in [1.29, 1.82) is 5.41 Å². The van der Waals surface area contributed by atoms with Crippen LogP contribution in [0, 0.1) is 15.5 Å². The molecule has 1 heterocycles. The molecule has 0 saturated heterocycles. The zero-order valence-electron chi connectivity index (χ0n) is 16.4. The molecule has 2 aromatic carbocycles. The number of nitro groups is 1. The number of halogens is 1. The molecule has 0 fully saturated rings. The van der Waals surface area contributed by atoms with Crippen molar-refractivity contribution in [2.24, 2.45) is 0 Å². The van der Waals surface area contributed by atoms with Crippen LogP contribution in [0.1, 0.15) is 18.4 Å². The Hall–Kier alpha value is -3.53. The van der Waals surface area contributed by atoms with Gasteiger partial charge >= 0.3 is 5.97 Å². The molecule has 0 aliphatic carbocycles. The molecule has 0 radical (unpaired) electrons. The molecule has 0 aliphatic rings. The van der Waals surface area contributed by atoms with Crippen molar-refractivity contribution in [1.82, 2.24) is 9.78 Å². The monoisotopic (exact) mass is 488 g/mol. The van der Waals surface area contributed by atoms with Crippen molar-refractivity contribution >= 4 is 28.6 Å². The number of hydrogen-bond donors (Lipinski definition) is 2. The van der Waals surface area contributed by atoms with E-state index in [-0.39, 0.29) is 41.2 Å². The van der Waals surface area contributed by atoms with Gasteiger partial charge in [0.25, 0.3) is 5.69 Å². The molecule has 1 aromatic heterocycles. The highest BCUT2D eigenvalue weighted by atomic mass is 79.9. The molecule has 3 aromatic rings. The molecule has 0 atom stereocenters. The van der Waals surface area contributed by atoms with E-state index in [1.807, 2.05) is 12.1 Å². The van der Waals surface area contributed by atoms with Crippen LogP contribution in [0.25, 0.3) is 11.3 Å². The Labute approximate surface area is 188 Å². The second kappa shape index (κ2) is 11.0. The third kappa shape index (κ3) is 6.75. The standard InChI is InChI=1S/C21H20N4O5.BrH/c22-20-11-10-19(23-24(20)12-2-5-21(26)27)16-6-8-18(9-7-16)30-14-15-3-1-4-17(13-15)25(28)29;/h1,3-4,6-11,13,22H,2,5,12,14H2,(H,26,27);1H. The van der Waals surface area contributed by atoms with E-state index < -0.39 is 10.9 Å². The molecule has 3 rings (SSSR count). The number of carboxylic acids is 1. The van der Waals surface area contributed by atoms with Gasteiger partial charge in [0.05, 0.1) is 10.6 Å². The van der Waals surface area contributed by atoms with E-state index >= 15 is 0 Å². The van der Waals surface area contributed by atoms with Crippen LogP contribution in [0.3, 0.4) is 0 Å². The maximum atomic E-state index is 10.9. The molecule has 0 amide bonds. The lowest BCUT2D eigenvalue weighted by Crippen LogP contribution is -2.22. The predicted octanol–water partition coefficient (Wildman–Crippen LogP) is 3.96. The number of hydrogen-bond acceptors (Lipinski definition) is 6. The third-order valence-electron chi connectivity index (χ3n) is 4.34. The topological polar surface area (TPSA) is 131 Å². The molecule has 2 N–H and O–H groups in total. The molecule has 0 aliphatic heterocycles. The fraction of sp³-hybridized carbons (Fsp3) is 0.190. The number of aromatic nitrogens is 2. The van der Waals surface area contributed by atoms with E-state index in [0.29, 0.717) is 30.0 Å². The molecule has 162 valence electrons. The fourth-order valence-corrected chi connectivity index (χ4v) is 2.81. The highest BCUT2D eigenvalue weighted by Crippen LogP contribution is 2.21. The van der Waals surface area contributed by atoms with Gasteiger partial charge in [0.15, 0.2) is 0 Å². The lowest BCUT2D eigenvalue weighted by atomic mass is 10.1. The molecule has 0 bridgehead atoms. The maximum Gasteiger partial charge on any atom is 0.303 e. The zero-order valence-corrected chi connectivity index (χ0v) is 18.1. The van der Waals surface area contributed by atoms with Crippen LogP contribution in [0.4, 0.5) is 5.69 Å². The van der Waals surface area contributed by atoms with Crippen molar-refractivity contribution < 1.29 is 19.6 Å². The van der Waals surface area contributed by atoms with Crippen molar-refractivity contribution in [2.45, 2.75) is 26.0 Å². The normalized spacial score (nSPS) is 10.2. The quantitative estimate of drug-likeness (QED) is 0.346. The Balaban J connectivity index is 0.00000341. The van der Waals surface area contributed by atoms with Crippen LogP contribution >= 0.6 is 17.0 Å². The zero-order chi connectivity index (χ0) is 21.5. The van der Waals surface area contributed by atoms with Crippen molar-refractivity contribution in [3.05, 3.63) is 81.8 Å². The van der Waals surface area contributed by atoms with Crippen LogP contribution in [-0.2, 0) is 17.9 Å². The van der Waals surface area contributed by atoms with Gasteiger partial charge in [0.1, 0.15) is 17.8 Å². The highest BCUT2D eigenvalue weighted by Gasteiger charge is 2.07. The summed E-state index contributed by atoms with van der Waals surface area (Å²) in [7, 11) is 0. The Morgan fingerprint density at radius 3 is 2.58 bits per heavy atom. The smallest absolute Gasteiger partial charge is 0.303 e. The number of aryl methyl sites for hydroxylation is 1. The molecular weight excluding hydrogens is 468 g/mol. The van der Waals surface area contributed by atoms with E-state index in [4.69, 9.17) is 15.3 Å². The van der Waals surface area contributed by atoms with Gasteiger partial charge in [-0.25, -0.2) is 4.68 Å². The Bertz CT molecular complexity index is 1120. The first-order valence-corrected chi connectivity index (χ1v) is 9.23. The summed E-state index contributed by atoms with van der Waals surface area (Å²) in [6.07, 6.45) is 0.418. The van der Waals surface area contributed by atoms with Crippen molar-refractivity contribution in [2.75, 3.05) is 0 Å². The Morgan fingerprint density at radius 1 is 1.16 bits per heavy atom. The van der Waals surface area contributed by atoms with Crippen LogP contribution in [0.5, 0.6) is 5.75 Å². The van der Waals surface area contributed by atoms with Crippen LogP contribution in [0.2, 0.25) is 0 Å². The van der Waals surface area contributed by atoms with Gasteiger partial charge in [-0.3, -0.25) is 20.3 Å². The van der Waals surface area contributed by atoms with E-state index in [9.17, 15) is 14.9 Å². The maximum absolute atomic E-state index is 10.9. The number of aliphatic carboxylic acids is 1. The Morgan fingerprint density at radius 2 is 1.90 bits per heavy atom. The first-order valence-electron chi connectivity index (χ1n) is 9.23. The molecule has 31 heavy (non-hydrogen) atoms. The summed E-state index contributed by atoms with van der Waals surface area (Å²) < 4.78 is 7.18. The molecule has 9 nitrogen and oxygen atoms in total. The number of carbonyl (C=O) groups is 1. The second-order valence-electron chi connectivity index (χ2n) is 6.56. The van der Waals surface area contributed by atoms with Gasteiger partial charge in [0, 0.05) is 30.7 Å². The predicted molar refractivity (Wildman–Crippen MR) is 118 cm³/mol. The molecule has 0 spiro atoms. The van der Waals surface area contributed by atoms with Gasteiger partial charge in [-0.05, 0) is 48.4 Å². The summed E-state index contributed by atoms with van der Waals surface area (Å²) in [6, 6.07) is 16.8. The van der Waals surface area contributed by atoms with Gasteiger partial charge in [0.2, 0.25) is 0 Å². The van der Waals surface area contributed by atoms with E-state index in [1.54, 1.807) is 36.4 Å². The minimum Gasteiger partial charge on any atom is -0.489 e. The lowest BCUT2D eigenvalue weighted by Gasteiger charge is -2.09. The number of benzene rings is 2. The Kier molecular flexibility index (Phi) is 8.44. The van der Waals surface area contributed by atoms with E-state index in [2.05, 4.69) is 5.10 Å². The largest absolute Gasteiger partial charge is 0.489 e. The van der Waals surface area contributed by atoms with Gasteiger partial charge in [-0.2, -0.15) is 5.10 Å². The minimum atomic E-state index is -0.876. The summed E-state index contributed by atoms with van der Waals surface area (Å²) >= 11 is 0. The summed E-state index contributed by atoms with van der Waals surface area (Å²) in [5.41, 5.74) is 2.41. The summed E-state index contributed by atoms with van der Waals surface area (Å²) in [5, 5.41) is 31.9.